The van der Waals surface area contributed by atoms with E-state index in [-0.39, 0.29) is 5.91 Å². The van der Waals surface area contributed by atoms with E-state index in [1.807, 2.05) is 0 Å². The van der Waals surface area contributed by atoms with Gasteiger partial charge < -0.3 is 11.1 Å². The Morgan fingerprint density at radius 2 is 2.27 bits per heavy atom. The lowest BCUT2D eigenvalue weighted by Gasteiger charge is -2.26. The number of hydrogen-bond donors (Lipinski definition) is 2. The van der Waals surface area contributed by atoms with Crippen molar-refractivity contribution in [2.75, 3.05) is 0 Å². The summed E-state index contributed by atoms with van der Waals surface area (Å²) in [4.78, 5) is 10.7. The predicted octanol–water partition coefficient (Wildman–Crippen LogP) is 0.392. The van der Waals surface area contributed by atoms with E-state index in [4.69, 9.17) is 5.73 Å². The molecule has 3 heteroatoms. The van der Waals surface area contributed by atoms with Crippen LogP contribution in [0.15, 0.2) is 0 Å². The molecule has 0 aromatic rings. The molecule has 0 radical (unpaired) electrons. The van der Waals surface area contributed by atoms with E-state index in [0.29, 0.717) is 12.1 Å². The molecule has 1 aliphatic rings. The van der Waals surface area contributed by atoms with E-state index in [0.717, 1.165) is 25.7 Å². The molecule has 0 spiro atoms. The summed E-state index contributed by atoms with van der Waals surface area (Å²) in [5.74, 6) is 0.0594. The number of nitrogens with one attached hydrogen (secondary N) is 1. The average molecular weight is 156 g/mol. The Morgan fingerprint density at radius 3 is 2.82 bits per heavy atom. The first kappa shape index (κ1) is 8.53. The molecule has 11 heavy (non-hydrogen) atoms. The number of rotatable bonds is 1. The summed E-state index contributed by atoms with van der Waals surface area (Å²) >= 11 is 0. The fraction of sp³-hybridized carbons (Fsp3) is 0.875. The number of hydrogen-bond acceptors (Lipinski definition) is 2. The van der Waals surface area contributed by atoms with Crippen molar-refractivity contribution in [2.24, 2.45) is 5.73 Å². The molecule has 3 nitrogen and oxygen atoms in total. The van der Waals surface area contributed by atoms with Crippen LogP contribution in [-0.4, -0.2) is 18.0 Å². The standard InChI is InChI=1S/C8H16N2O/c1-6(11)10-8-4-2-3-7(9)5-8/h7-8H,2-5,9H2,1H3,(H,10,11). The zero-order valence-corrected chi connectivity index (χ0v) is 6.97. The van der Waals surface area contributed by atoms with Crippen LogP contribution < -0.4 is 11.1 Å². The highest BCUT2D eigenvalue weighted by Gasteiger charge is 2.18. The summed E-state index contributed by atoms with van der Waals surface area (Å²) in [5, 5.41) is 2.89. The topological polar surface area (TPSA) is 55.1 Å². The molecular formula is C8H16N2O. The van der Waals surface area contributed by atoms with Gasteiger partial charge in [0.15, 0.2) is 0 Å². The molecule has 1 saturated carbocycles. The maximum absolute atomic E-state index is 10.7. The molecule has 2 atom stereocenters. The van der Waals surface area contributed by atoms with E-state index < -0.39 is 0 Å². The lowest BCUT2D eigenvalue weighted by Crippen LogP contribution is -2.41. The second kappa shape index (κ2) is 3.72. The zero-order chi connectivity index (χ0) is 8.27. The Kier molecular flexibility index (Phi) is 2.88. The highest BCUT2D eigenvalue weighted by molar-refractivity contribution is 5.73. The minimum Gasteiger partial charge on any atom is -0.354 e. The molecule has 2 unspecified atom stereocenters. The maximum atomic E-state index is 10.7. The van der Waals surface area contributed by atoms with E-state index in [9.17, 15) is 4.79 Å². The van der Waals surface area contributed by atoms with Crippen LogP contribution in [0.3, 0.4) is 0 Å². The lowest BCUT2D eigenvalue weighted by molar-refractivity contribution is -0.119. The van der Waals surface area contributed by atoms with Crippen LogP contribution in [0.4, 0.5) is 0 Å². The van der Waals surface area contributed by atoms with E-state index in [1.165, 1.54) is 0 Å². The van der Waals surface area contributed by atoms with Crippen molar-refractivity contribution in [1.29, 1.82) is 0 Å². The second-order valence-corrected chi connectivity index (χ2v) is 3.32. The highest BCUT2D eigenvalue weighted by atomic mass is 16.1. The number of amides is 1. The SMILES string of the molecule is CC(=O)NC1CCCC(N)C1. The normalized spacial score (nSPS) is 31.5. The van der Waals surface area contributed by atoms with Crippen molar-refractivity contribution in [3.8, 4) is 0 Å². The first-order chi connectivity index (χ1) is 5.18. The largest absolute Gasteiger partial charge is 0.354 e. The van der Waals surface area contributed by atoms with Gasteiger partial charge in [0.25, 0.3) is 0 Å². The third-order valence-electron chi connectivity index (χ3n) is 2.12. The number of nitrogens with two attached hydrogens (primary N) is 1. The van der Waals surface area contributed by atoms with Gasteiger partial charge in [-0.2, -0.15) is 0 Å². The third-order valence-corrected chi connectivity index (χ3v) is 2.12. The number of carbonyl (C=O) groups excluding carboxylic acids is 1. The van der Waals surface area contributed by atoms with Crippen LogP contribution in [-0.2, 0) is 4.79 Å². The van der Waals surface area contributed by atoms with Gasteiger partial charge in [-0.25, -0.2) is 0 Å². The van der Waals surface area contributed by atoms with Gasteiger partial charge in [-0.1, -0.05) is 0 Å². The second-order valence-electron chi connectivity index (χ2n) is 3.32. The van der Waals surface area contributed by atoms with Crippen molar-refractivity contribution in [3.63, 3.8) is 0 Å². The molecular weight excluding hydrogens is 140 g/mol. The van der Waals surface area contributed by atoms with Crippen molar-refractivity contribution in [2.45, 2.75) is 44.7 Å². The summed E-state index contributed by atoms with van der Waals surface area (Å²) < 4.78 is 0. The molecule has 1 fully saturated rings. The molecule has 3 N–H and O–H groups in total. The van der Waals surface area contributed by atoms with Gasteiger partial charge in [-0.15, -0.1) is 0 Å². The molecule has 0 bridgehead atoms. The van der Waals surface area contributed by atoms with Gasteiger partial charge in [-0.05, 0) is 25.7 Å². The Labute approximate surface area is 67.3 Å². The monoisotopic (exact) mass is 156 g/mol. The minimum absolute atomic E-state index is 0.0594. The Bertz CT molecular complexity index is 147. The summed E-state index contributed by atoms with van der Waals surface area (Å²) in [6, 6.07) is 0.622. The van der Waals surface area contributed by atoms with Crippen LogP contribution in [0.5, 0.6) is 0 Å². The third kappa shape index (κ3) is 2.89. The molecule has 0 aromatic heterocycles. The van der Waals surface area contributed by atoms with Gasteiger partial charge in [0.05, 0.1) is 0 Å². The summed E-state index contributed by atoms with van der Waals surface area (Å²) in [5.41, 5.74) is 5.75. The fourth-order valence-corrected chi connectivity index (χ4v) is 1.65. The van der Waals surface area contributed by atoms with Crippen LogP contribution in [0, 0.1) is 0 Å². The van der Waals surface area contributed by atoms with E-state index in [2.05, 4.69) is 5.32 Å². The van der Waals surface area contributed by atoms with Crippen LogP contribution in [0.25, 0.3) is 0 Å². The van der Waals surface area contributed by atoms with Crippen LogP contribution in [0.2, 0.25) is 0 Å². The van der Waals surface area contributed by atoms with Gasteiger partial charge in [0.1, 0.15) is 0 Å². The predicted molar refractivity (Wildman–Crippen MR) is 44.0 cm³/mol. The molecule has 0 aliphatic heterocycles. The molecule has 0 saturated heterocycles. The first-order valence-corrected chi connectivity index (χ1v) is 4.21. The van der Waals surface area contributed by atoms with Crippen molar-refractivity contribution in [1.82, 2.24) is 5.32 Å². The maximum Gasteiger partial charge on any atom is 0.217 e. The molecule has 1 rings (SSSR count). The van der Waals surface area contributed by atoms with E-state index >= 15 is 0 Å². The average Bonchev–Trinajstić information content (AvgIpc) is 1.85. The molecule has 0 heterocycles. The Hall–Kier alpha value is -0.570. The summed E-state index contributed by atoms with van der Waals surface area (Å²) in [6.45, 7) is 1.56. The Balaban J connectivity index is 2.28. The highest BCUT2D eigenvalue weighted by Crippen LogP contribution is 2.16. The molecule has 64 valence electrons. The molecule has 1 aliphatic carbocycles. The minimum atomic E-state index is 0.0594. The smallest absolute Gasteiger partial charge is 0.217 e. The van der Waals surface area contributed by atoms with Gasteiger partial charge >= 0.3 is 0 Å². The quantitative estimate of drug-likeness (QED) is 0.577. The van der Waals surface area contributed by atoms with Gasteiger partial charge in [0.2, 0.25) is 5.91 Å². The van der Waals surface area contributed by atoms with Crippen LogP contribution in [0.1, 0.15) is 32.6 Å². The van der Waals surface area contributed by atoms with Crippen molar-refractivity contribution >= 4 is 5.91 Å². The lowest BCUT2D eigenvalue weighted by atomic mass is 9.92. The van der Waals surface area contributed by atoms with Crippen molar-refractivity contribution < 1.29 is 4.79 Å². The number of carbonyl (C=O) groups is 1. The molecule has 0 aromatic carbocycles. The Morgan fingerprint density at radius 1 is 1.55 bits per heavy atom. The fourth-order valence-electron chi connectivity index (χ4n) is 1.65. The first-order valence-electron chi connectivity index (χ1n) is 4.21. The summed E-state index contributed by atoms with van der Waals surface area (Å²) in [6.07, 6.45) is 4.29. The van der Waals surface area contributed by atoms with Crippen LogP contribution >= 0.6 is 0 Å². The molecule has 1 amide bonds. The van der Waals surface area contributed by atoms with Gasteiger partial charge in [0, 0.05) is 19.0 Å². The summed E-state index contributed by atoms with van der Waals surface area (Å²) in [7, 11) is 0. The zero-order valence-electron chi connectivity index (χ0n) is 6.97. The van der Waals surface area contributed by atoms with Gasteiger partial charge in [-0.3, -0.25) is 4.79 Å². The van der Waals surface area contributed by atoms with E-state index in [1.54, 1.807) is 6.92 Å². The van der Waals surface area contributed by atoms with Crippen molar-refractivity contribution in [3.05, 3.63) is 0 Å².